The van der Waals surface area contributed by atoms with Gasteiger partial charge in [0.05, 0.1) is 30.2 Å². The predicted octanol–water partition coefficient (Wildman–Crippen LogP) is 3.85. The van der Waals surface area contributed by atoms with Crippen molar-refractivity contribution in [2.75, 3.05) is 18.5 Å². The van der Waals surface area contributed by atoms with Crippen molar-refractivity contribution in [2.45, 2.75) is 27.7 Å². The van der Waals surface area contributed by atoms with Gasteiger partial charge >= 0.3 is 5.97 Å². The van der Waals surface area contributed by atoms with Crippen LogP contribution in [0, 0.1) is 12.8 Å². The number of esters is 1. The number of anilines is 1. The quantitative estimate of drug-likeness (QED) is 0.762. The number of carbonyl (C=O) groups is 2. The van der Waals surface area contributed by atoms with Gasteiger partial charge in [-0.15, -0.1) is 0 Å². The number of amides is 1. The smallest absolute Gasteiger partial charge is 0.339 e. The summed E-state index contributed by atoms with van der Waals surface area (Å²) >= 11 is 0. The zero-order valence-electron chi connectivity index (χ0n) is 15.5. The molecule has 2 aromatic rings. The van der Waals surface area contributed by atoms with E-state index < -0.39 is 5.97 Å². The van der Waals surface area contributed by atoms with Gasteiger partial charge < -0.3 is 14.8 Å². The van der Waals surface area contributed by atoms with Crippen molar-refractivity contribution in [3.63, 3.8) is 0 Å². The molecule has 26 heavy (non-hydrogen) atoms. The highest BCUT2D eigenvalue weighted by Gasteiger charge is 2.16. The highest BCUT2D eigenvalue weighted by atomic mass is 16.5. The fourth-order valence-electron chi connectivity index (χ4n) is 2.25. The zero-order chi connectivity index (χ0) is 19.1. The van der Waals surface area contributed by atoms with Gasteiger partial charge in [0.15, 0.2) is 0 Å². The maximum atomic E-state index is 12.5. The first-order chi connectivity index (χ1) is 12.4. The molecule has 1 amide bonds. The Bertz CT molecular complexity index is 787. The number of benzene rings is 1. The monoisotopic (exact) mass is 356 g/mol. The molecule has 0 aliphatic carbocycles. The summed E-state index contributed by atoms with van der Waals surface area (Å²) in [6, 6.07) is 10.3. The molecule has 0 bridgehead atoms. The van der Waals surface area contributed by atoms with Crippen LogP contribution in [-0.4, -0.2) is 30.1 Å². The fraction of sp³-hybridized carbons (Fsp3) is 0.350. The standard InChI is InChI=1S/C20H24N2O4/c1-5-25-20(24)15-10-11-17(21-14(15)4)19(23)22-16-8-6-7-9-18(16)26-12-13(2)3/h6-11,13H,5,12H2,1-4H3,(H,22,23). The van der Waals surface area contributed by atoms with E-state index in [2.05, 4.69) is 24.1 Å². The van der Waals surface area contributed by atoms with Crippen LogP contribution in [-0.2, 0) is 4.74 Å². The third-order valence-corrected chi connectivity index (χ3v) is 3.52. The maximum Gasteiger partial charge on any atom is 0.339 e. The van der Waals surface area contributed by atoms with Gasteiger partial charge in [0.25, 0.3) is 5.91 Å². The summed E-state index contributed by atoms with van der Waals surface area (Å²) in [4.78, 5) is 28.6. The van der Waals surface area contributed by atoms with E-state index in [0.29, 0.717) is 35.2 Å². The number of hydrogen-bond acceptors (Lipinski definition) is 5. The van der Waals surface area contributed by atoms with Crippen molar-refractivity contribution in [3.05, 3.63) is 53.3 Å². The highest BCUT2D eigenvalue weighted by molar-refractivity contribution is 6.04. The number of nitrogens with zero attached hydrogens (tertiary/aromatic N) is 1. The molecule has 6 heteroatoms. The van der Waals surface area contributed by atoms with Crippen LogP contribution in [0.2, 0.25) is 0 Å². The van der Waals surface area contributed by atoms with Crippen LogP contribution in [0.5, 0.6) is 5.75 Å². The Morgan fingerprint density at radius 2 is 1.88 bits per heavy atom. The highest BCUT2D eigenvalue weighted by Crippen LogP contribution is 2.25. The van der Waals surface area contributed by atoms with E-state index in [9.17, 15) is 9.59 Å². The Kier molecular flexibility index (Phi) is 6.72. The molecule has 0 saturated heterocycles. The van der Waals surface area contributed by atoms with Gasteiger partial charge in [0.1, 0.15) is 11.4 Å². The van der Waals surface area contributed by atoms with Crippen molar-refractivity contribution in [2.24, 2.45) is 5.92 Å². The fourth-order valence-corrected chi connectivity index (χ4v) is 2.25. The summed E-state index contributed by atoms with van der Waals surface area (Å²) in [5.74, 6) is 0.161. The first-order valence-corrected chi connectivity index (χ1v) is 8.60. The van der Waals surface area contributed by atoms with Gasteiger partial charge in [-0.1, -0.05) is 26.0 Å². The Labute approximate surface area is 153 Å². The summed E-state index contributed by atoms with van der Waals surface area (Å²) in [6.07, 6.45) is 0. The molecule has 2 rings (SSSR count). The molecule has 0 fully saturated rings. The first kappa shape index (κ1) is 19.4. The topological polar surface area (TPSA) is 77.5 Å². The lowest BCUT2D eigenvalue weighted by Gasteiger charge is -2.14. The largest absolute Gasteiger partial charge is 0.491 e. The Morgan fingerprint density at radius 1 is 1.15 bits per heavy atom. The molecule has 0 aliphatic heterocycles. The van der Waals surface area contributed by atoms with Crippen LogP contribution in [0.3, 0.4) is 0 Å². The van der Waals surface area contributed by atoms with Gasteiger partial charge in [0.2, 0.25) is 0 Å². The molecule has 138 valence electrons. The zero-order valence-corrected chi connectivity index (χ0v) is 15.5. The average molecular weight is 356 g/mol. The van der Waals surface area contributed by atoms with E-state index in [1.165, 1.54) is 6.07 Å². The van der Waals surface area contributed by atoms with Crippen LogP contribution in [0.4, 0.5) is 5.69 Å². The molecule has 0 radical (unpaired) electrons. The van der Waals surface area contributed by atoms with Crippen molar-refractivity contribution in [1.29, 1.82) is 0 Å². The predicted molar refractivity (Wildman–Crippen MR) is 99.7 cm³/mol. The van der Waals surface area contributed by atoms with E-state index in [1.54, 1.807) is 32.0 Å². The first-order valence-electron chi connectivity index (χ1n) is 8.60. The second kappa shape index (κ2) is 8.99. The minimum absolute atomic E-state index is 0.217. The van der Waals surface area contributed by atoms with Gasteiger partial charge in [0, 0.05) is 0 Å². The molecule has 1 heterocycles. The molecule has 6 nitrogen and oxygen atoms in total. The number of aryl methyl sites for hydroxylation is 1. The van der Waals surface area contributed by atoms with Gasteiger partial charge in [-0.05, 0) is 44.0 Å². The number of para-hydroxylation sites is 2. The van der Waals surface area contributed by atoms with E-state index in [0.717, 1.165) is 0 Å². The maximum absolute atomic E-state index is 12.5. The third-order valence-electron chi connectivity index (χ3n) is 3.52. The molecule has 0 unspecified atom stereocenters. The van der Waals surface area contributed by atoms with Crippen molar-refractivity contribution in [3.8, 4) is 5.75 Å². The molecule has 0 atom stereocenters. The molecule has 1 aromatic heterocycles. The third kappa shape index (κ3) is 5.05. The molecular formula is C20H24N2O4. The van der Waals surface area contributed by atoms with Gasteiger partial charge in [-0.3, -0.25) is 4.79 Å². The summed E-state index contributed by atoms with van der Waals surface area (Å²) in [7, 11) is 0. The van der Waals surface area contributed by atoms with Gasteiger partial charge in [-0.25, -0.2) is 9.78 Å². The number of rotatable bonds is 7. The second-order valence-electron chi connectivity index (χ2n) is 6.21. The van der Waals surface area contributed by atoms with E-state index in [4.69, 9.17) is 9.47 Å². The summed E-state index contributed by atoms with van der Waals surface area (Å²) < 4.78 is 10.7. The molecule has 0 aliphatic rings. The van der Waals surface area contributed by atoms with Crippen LogP contribution in [0.1, 0.15) is 47.3 Å². The van der Waals surface area contributed by atoms with Crippen LogP contribution in [0.25, 0.3) is 0 Å². The number of hydrogen-bond donors (Lipinski definition) is 1. The van der Waals surface area contributed by atoms with Crippen LogP contribution < -0.4 is 10.1 Å². The molecule has 0 spiro atoms. The lowest BCUT2D eigenvalue weighted by atomic mass is 10.2. The Balaban J connectivity index is 2.15. The van der Waals surface area contributed by atoms with Crippen molar-refractivity contribution < 1.29 is 19.1 Å². The number of pyridine rings is 1. The molecule has 0 saturated carbocycles. The van der Waals surface area contributed by atoms with Crippen LogP contribution in [0.15, 0.2) is 36.4 Å². The lowest BCUT2D eigenvalue weighted by Crippen LogP contribution is -2.17. The Morgan fingerprint density at radius 3 is 2.54 bits per heavy atom. The minimum Gasteiger partial charge on any atom is -0.491 e. The average Bonchev–Trinajstić information content (AvgIpc) is 2.60. The second-order valence-corrected chi connectivity index (χ2v) is 6.21. The summed E-state index contributed by atoms with van der Waals surface area (Å²) in [6.45, 7) is 8.36. The van der Waals surface area contributed by atoms with E-state index >= 15 is 0 Å². The van der Waals surface area contributed by atoms with E-state index in [-0.39, 0.29) is 18.2 Å². The van der Waals surface area contributed by atoms with Crippen molar-refractivity contribution in [1.82, 2.24) is 4.98 Å². The van der Waals surface area contributed by atoms with Gasteiger partial charge in [-0.2, -0.15) is 0 Å². The SMILES string of the molecule is CCOC(=O)c1ccc(C(=O)Nc2ccccc2OCC(C)C)nc1C. The summed E-state index contributed by atoms with van der Waals surface area (Å²) in [5, 5.41) is 2.81. The number of nitrogens with one attached hydrogen (secondary N) is 1. The summed E-state index contributed by atoms with van der Waals surface area (Å²) in [5.41, 5.74) is 1.59. The number of aromatic nitrogens is 1. The normalized spacial score (nSPS) is 10.5. The lowest BCUT2D eigenvalue weighted by molar-refractivity contribution is 0.0524. The minimum atomic E-state index is -0.447. The van der Waals surface area contributed by atoms with E-state index in [1.807, 2.05) is 12.1 Å². The van der Waals surface area contributed by atoms with Crippen molar-refractivity contribution >= 4 is 17.6 Å². The van der Waals surface area contributed by atoms with Crippen LogP contribution >= 0.6 is 0 Å². The molecular weight excluding hydrogens is 332 g/mol. The number of ether oxygens (including phenoxy) is 2. The molecule has 1 N–H and O–H groups in total. The Hall–Kier alpha value is -2.89. The molecule has 1 aromatic carbocycles. The number of carbonyl (C=O) groups excluding carboxylic acids is 2.